The summed E-state index contributed by atoms with van der Waals surface area (Å²) >= 11 is 0. The number of hydrogen-bond acceptors (Lipinski definition) is 23. The molecule has 5 heterocycles. The summed E-state index contributed by atoms with van der Waals surface area (Å²) in [6.07, 6.45) is 0. The fraction of sp³-hybridized carbons (Fsp3) is 0.108. The molecular weight excluding hydrogens is 889 g/mol. The summed E-state index contributed by atoms with van der Waals surface area (Å²) in [5, 5.41) is 103. The number of nitriles is 1. The average Bonchev–Trinajstić information content (AvgIpc) is 3.95. The van der Waals surface area contributed by atoms with Crippen molar-refractivity contribution in [2.45, 2.75) is 27.7 Å². The van der Waals surface area contributed by atoms with Crippen molar-refractivity contribution in [2.75, 3.05) is 11.5 Å². The number of rotatable bonds is 12. The molecule has 5 aromatic heterocycles. The molecule has 324 valence electrons. The summed E-state index contributed by atoms with van der Waals surface area (Å²) in [4.78, 5) is 61.9. The molecule has 7 aromatic rings. The van der Waals surface area contributed by atoms with Gasteiger partial charge in [-0.25, -0.2) is 24.2 Å². The smallest absolute Gasteiger partial charge is 0.844 e. The van der Waals surface area contributed by atoms with Gasteiger partial charge >= 0.3 is 94.3 Å². The SMILES string of the molecule is [C-]#[N+]c1c(C)nn(-c2cc(C(=O)[O-])cc(C(=O)[O-])c2)c1N=Nc1c(C)nn(-c2nc([O-])nc(-n3nc(C)c(N=Nc4c(C#N)c(C)nn4-c4cc(C(=O)[O-])cc(C(=O)[O-])c4)c3N)n2)c1N.[Li+].[Li+].[Li+].[Li+].[Li+]. The molecule has 0 fully saturated rings. The summed E-state index contributed by atoms with van der Waals surface area (Å²) in [5.41, 5.74) is 10.3. The molecule has 0 aliphatic rings. The first-order valence-electron chi connectivity index (χ1n) is 17.9. The van der Waals surface area contributed by atoms with Crippen molar-refractivity contribution >= 4 is 64.2 Å². The first-order valence-corrected chi connectivity index (χ1v) is 17.9. The second kappa shape index (κ2) is 23.4. The van der Waals surface area contributed by atoms with Gasteiger partial charge in [0.05, 0.1) is 70.6 Å². The maximum absolute atomic E-state index is 12.9. The quantitative estimate of drug-likeness (QED) is 0.0653. The van der Waals surface area contributed by atoms with E-state index >= 15 is 0 Å². The minimum atomic E-state index is -1.71. The van der Waals surface area contributed by atoms with Crippen LogP contribution in [0.4, 0.5) is 40.3 Å². The third kappa shape index (κ3) is 11.3. The number of nitrogen functional groups attached to an aromatic ring is 2. The van der Waals surface area contributed by atoms with E-state index in [0.29, 0.717) is 0 Å². The first kappa shape index (κ1) is 58.9. The maximum Gasteiger partial charge on any atom is 1.00 e. The predicted molar refractivity (Wildman–Crippen MR) is 205 cm³/mol. The number of hydrogen-bond donors (Lipinski definition) is 2. The molecule has 0 radical (unpaired) electrons. The largest absolute Gasteiger partial charge is 1.00 e. The second-order valence-corrected chi connectivity index (χ2v) is 13.4. The molecule has 0 unspecified atom stereocenters. The topological polar surface area (TPSA) is 423 Å². The van der Waals surface area contributed by atoms with Crippen LogP contribution in [0.1, 0.15) is 69.8 Å². The van der Waals surface area contributed by atoms with E-state index in [9.17, 15) is 50.0 Å². The summed E-state index contributed by atoms with van der Waals surface area (Å²) in [5.74, 6) is -8.83. The van der Waals surface area contributed by atoms with Crippen LogP contribution in [0.25, 0.3) is 28.1 Å². The Balaban J connectivity index is 0.00000336. The zero-order valence-corrected chi connectivity index (χ0v) is 38.4. The zero-order valence-electron chi connectivity index (χ0n) is 38.4. The van der Waals surface area contributed by atoms with Gasteiger partial charge in [-0.15, -0.1) is 20.5 Å². The fourth-order valence-corrected chi connectivity index (χ4v) is 6.11. The minimum absolute atomic E-state index is 0. The van der Waals surface area contributed by atoms with E-state index in [2.05, 4.69) is 60.6 Å². The van der Waals surface area contributed by atoms with Crippen molar-refractivity contribution in [1.29, 1.82) is 5.26 Å². The number of aromatic carboxylic acids is 4. The van der Waals surface area contributed by atoms with Crippen LogP contribution in [0.15, 0.2) is 56.9 Å². The number of azo groups is 2. The Kier molecular flexibility index (Phi) is 19.6. The van der Waals surface area contributed by atoms with Gasteiger partial charge in [-0.3, -0.25) is 0 Å². The number of carbonyl (C=O) groups is 4. The number of aryl methyl sites for hydroxylation is 4. The van der Waals surface area contributed by atoms with Crippen LogP contribution in [0, 0.1) is 45.6 Å². The normalized spacial score (nSPS) is 10.5. The second-order valence-electron chi connectivity index (χ2n) is 13.4. The third-order valence-electron chi connectivity index (χ3n) is 9.12. The Morgan fingerprint density at radius 3 is 1.30 bits per heavy atom. The molecule has 4 N–H and O–H groups in total. The van der Waals surface area contributed by atoms with Gasteiger partial charge in [-0.05, 0) is 86.3 Å². The zero-order chi connectivity index (χ0) is 47.2. The van der Waals surface area contributed by atoms with E-state index in [-0.39, 0.29) is 174 Å². The number of nitrogens with zero attached hydrogens (tertiary/aromatic N) is 17. The van der Waals surface area contributed by atoms with E-state index < -0.39 is 64.0 Å². The van der Waals surface area contributed by atoms with E-state index in [4.69, 9.17) is 18.0 Å². The van der Waals surface area contributed by atoms with Crippen LogP contribution in [0.3, 0.4) is 0 Å². The Labute approximate surface area is 452 Å². The van der Waals surface area contributed by atoms with Gasteiger partial charge in [0.15, 0.2) is 34.6 Å². The standard InChI is InChI=1S/C37H27N19O9.5Li/c1-13-23(12-38)29(53(49-13)21-8-17(31(57)58)6-18(9-21)32(59)60)47-45-24-14(2)51-55(27(24)39)35-42-36(44-37(65)43-35)56-28(40)25(15(3)52-56)46-48-30-26(41-5)16(4)50-54(30)22-10-19(33(61)62)7-20(11-22)34(63)64;;;;;/h6-11H,39-40H2,1-4H3,(H,57,58)(H,59,60)(H,61,62)(H,63,64)(H,42,43,44,65);;;;;/q;5*+1/p-5. The minimum Gasteiger partial charge on any atom is -0.844 e. The Bertz CT molecular complexity index is 3110. The van der Waals surface area contributed by atoms with Gasteiger partial charge in [0.25, 0.3) is 17.6 Å². The van der Waals surface area contributed by atoms with E-state index in [1.165, 1.54) is 27.7 Å². The summed E-state index contributed by atoms with van der Waals surface area (Å²) in [7, 11) is 0. The van der Waals surface area contributed by atoms with Crippen LogP contribution in [0.5, 0.6) is 6.01 Å². The molecule has 0 amide bonds. The Hall–Kier alpha value is -7.26. The van der Waals surface area contributed by atoms with Gasteiger partial charge in [0.2, 0.25) is 0 Å². The van der Waals surface area contributed by atoms with Crippen molar-refractivity contribution < 1.29 is 139 Å². The molecule has 28 nitrogen and oxygen atoms in total. The molecule has 2 aromatic carbocycles. The first-order chi connectivity index (χ1) is 30.8. The van der Waals surface area contributed by atoms with Crippen LogP contribution >= 0.6 is 0 Å². The molecule has 0 saturated carbocycles. The summed E-state index contributed by atoms with van der Waals surface area (Å²) in [6, 6.07) is 6.60. The van der Waals surface area contributed by atoms with Gasteiger partial charge in [-0.2, -0.15) is 40.0 Å². The van der Waals surface area contributed by atoms with Gasteiger partial charge < -0.3 is 56.2 Å². The summed E-state index contributed by atoms with van der Waals surface area (Å²) < 4.78 is 3.78. The van der Waals surface area contributed by atoms with Crippen LogP contribution in [-0.2, 0) is 0 Å². The van der Waals surface area contributed by atoms with Crippen molar-refractivity contribution in [2.24, 2.45) is 20.5 Å². The monoisotopic (exact) mass is 911 g/mol. The van der Waals surface area contributed by atoms with Crippen LogP contribution in [-0.4, -0.2) is 78.0 Å². The van der Waals surface area contributed by atoms with E-state index in [1.54, 1.807) is 0 Å². The number of carbonyl (C=O) groups excluding carboxylic acids is 4. The number of carboxylic acid groups (broad SMARTS) is 4. The van der Waals surface area contributed by atoms with Crippen LogP contribution in [0.2, 0.25) is 0 Å². The number of benzene rings is 2. The van der Waals surface area contributed by atoms with E-state index in [0.717, 1.165) is 55.1 Å². The van der Waals surface area contributed by atoms with E-state index in [1.807, 2.05) is 6.07 Å². The molecule has 0 aliphatic heterocycles. The third-order valence-corrected chi connectivity index (χ3v) is 9.12. The number of nitrogens with two attached hydrogens (primary N) is 2. The van der Waals surface area contributed by atoms with Crippen molar-refractivity contribution in [1.82, 2.24) is 54.1 Å². The molecule has 0 atom stereocenters. The van der Waals surface area contributed by atoms with Gasteiger partial charge in [0, 0.05) is 0 Å². The number of aromatic nitrogens is 11. The molecule has 0 aliphatic carbocycles. The summed E-state index contributed by atoms with van der Waals surface area (Å²) in [6.45, 7) is 13.5. The van der Waals surface area contributed by atoms with Crippen molar-refractivity contribution in [3.8, 4) is 35.4 Å². The maximum atomic E-state index is 12.9. The van der Waals surface area contributed by atoms with Crippen LogP contribution < -0.4 is 131 Å². The fourth-order valence-electron chi connectivity index (χ4n) is 6.11. The Morgan fingerprint density at radius 1 is 0.571 bits per heavy atom. The van der Waals surface area contributed by atoms with Gasteiger partial charge in [0.1, 0.15) is 11.6 Å². The molecule has 0 bridgehead atoms. The number of carboxylic acids is 4. The van der Waals surface area contributed by atoms with Crippen molar-refractivity contribution in [3.63, 3.8) is 0 Å². The Morgan fingerprint density at radius 2 is 0.929 bits per heavy atom. The molecule has 0 saturated heterocycles. The molecule has 33 heteroatoms. The molecule has 7 rings (SSSR count). The molecule has 70 heavy (non-hydrogen) atoms. The predicted octanol–water partition coefficient (Wildman–Crippen LogP) is -16.2. The number of anilines is 2. The average molecular weight is 911 g/mol. The molecule has 0 spiro atoms. The van der Waals surface area contributed by atoms with Gasteiger partial charge in [-0.1, -0.05) is 0 Å². The molecular formula is C37H22Li5N19O9. The van der Waals surface area contributed by atoms with Crippen molar-refractivity contribution in [3.05, 3.63) is 98.4 Å².